The summed E-state index contributed by atoms with van der Waals surface area (Å²) >= 11 is 0. The van der Waals surface area contributed by atoms with Gasteiger partial charge in [-0.25, -0.2) is 0 Å². The van der Waals surface area contributed by atoms with Crippen LogP contribution in [0.4, 0.5) is 0 Å². The number of carbonyl (C=O) groups is 1. The largest absolute Gasteiger partial charge is 0.378 e. The molecule has 2 aromatic carbocycles. The van der Waals surface area contributed by atoms with Crippen molar-refractivity contribution >= 4 is 16.7 Å². The van der Waals surface area contributed by atoms with E-state index in [9.17, 15) is 4.79 Å². The van der Waals surface area contributed by atoms with E-state index >= 15 is 0 Å². The third-order valence-corrected chi connectivity index (χ3v) is 3.57. The van der Waals surface area contributed by atoms with Crippen molar-refractivity contribution in [3.63, 3.8) is 0 Å². The van der Waals surface area contributed by atoms with Gasteiger partial charge in [0.05, 0.1) is 13.2 Å². The van der Waals surface area contributed by atoms with Crippen LogP contribution in [0, 0.1) is 0 Å². The predicted molar refractivity (Wildman–Crippen MR) is 78.4 cm³/mol. The lowest BCUT2D eigenvalue weighted by molar-refractivity contribution is -0.126. The zero-order valence-corrected chi connectivity index (χ0v) is 11.3. The van der Waals surface area contributed by atoms with Gasteiger partial charge in [-0.2, -0.15) is 0 Å². The lowest BCUT2D eigenvalue weighted by atomic mass is 10.0. The molecule has 20 heavy (non-hydrogen) atoms. The highest BCUT2D eigenvalue weighted by Crippen LogP contribution is 2.18. The number of hydrogen-bond acceptors (Lipinski definition) is 3. The monoisotopic (exact) mass is 270 g/mol. The van der Waals surface area contributed by atoms with E-state index in [2.05, 4.69) is 28.8 Å². The first-order valence-electron chi connectivity index (χ1n) is 6.90. The van der Waals surface area contributed by atoms with Crippen molar-refractivity contribution in [3.05, 3.63) is 48.0 Å². The van der Waals surface area contributed by atoms with Gasteiger partial charge in [0.15, 0.2) is 0 Å². The van der Waals surface area contributed by atoms with Crippen molar-refractivity contribution in [3.8, 4) is 0 Å². The van der Waals surface area contributed by atoms with Crippen LogP contribution in [0.25, 0.3) is 10.8 Å². The third kappa shape index (κ3) is 2.81. The zero-order chi connectivity index (χ0) is 13.8. The van der Waals surface area contributed by atoms with Crippen LogP contribution in [-0.4, -0.2) is 31.7 Å². The summed E-state index contributed by atoms with van der Waals surface area (Å²) in [4.78, 5) is 12.1. The van der Waals surface area contributed by atoms with Crippen molar-refractivity contribution in [2.24, 2.45) is 0 Å². The summed E-state index contributed by atoms with van der Waals surface area (Å²) in [7, 11) is 0. The van der Waals surface area contributed by atoms with Crippen LogP contribution >= 0.6 is 0 Å². The van der Waals surface area contributed by atoms with Gasteiger partial charge in [0.2, 0.25) is 5.91 Å². The number of fused-ring (bicyclic) bond motifs is 1. The van der Waals surface area contributed by atoms with Crippen LogP contribution < -0.4 is 10.6 Å². The van der Waals surface area contributed by atoms with Crippen LogP contribution in [-0.2, 0) is 16.1 Å². The molecular weight excluding hydrogens is 252 g/mol. The number of rotatable bonds is 3. The number of benzene rings is 2. The molecular formula is C16H18N2O2. The Kier molecular flexibility index (Phi) is 3.95. The van der Waals surface area contributed by atoms with Gasteiger partial charge >= 0.3 is 0 Å². The summed E-state index contributed by atoms with van der Waals surface area (Å²) in [6, 6.07) is 14.1. The number of hydrogen-bond donors (Lipinski definition) is 2. The van der Waals surface area contributed by atoms with E-state index in [1.54, 1.807) is 0 Å². The molecule has 1 unspecified atom stereocenters. The fraction of sp³-hybridized carbons (Fsp3) is 0.312. The Labute approximate surface area is 118 Å². The fourth-order valence-corrected chi connectivity index (χ4v) is 2.49. The zero-order valence-electron chi connectivity index (χ0n) is 11.3. The lowest BCUT2D eigenvalue weighted by Crippen LogP contribution is -2.51. The second-order valence-electron chi connectivity index (χ2n) is 4.94. The summed E-state index contributed by atoms with van der Waals surface area (Å²) in [5, 5.41) is 8.51. The number of ether oxygens (including phenoxy) is 1. The second kappa shape index (κ2) is 6.03. The van der Waals surface area contributed by atoms with E-state index < -0.39 is 0 Å². The van der Waals surface area contributed by atoms with Gasteiger partial charge in [-0.1, -0.05) is 42.5 Å². The van der Waals surface area contributed by atoms with Crippen molar-refractivity contribution < 1.29 is 9.53 Å². The first-order chi connectivity index (χ1) is 9.84. The van der Waals surface area contributed by atoms with E-state index in [1.807, 2.05) is 24.3 Å². The number of nitrogens with one attached hydrogen (secondary N) is 2. The molecule has 0 radical (unpaired) electrons. The second-order valence-corrected chi connectivity index (χ2v) is 4.94. The predicted octanol–water partition coefficient (Wildman–Crippen LogP) is 1.44. The van der Waals surface area contributed by atoms with Gasteiger partial charge in [0.1, 0.15) is 6.04 Å². The summed E-state index contributed by atoms with van der Waals surface area (Å²) in [6.45, 7) is 2.39. The molecule has 2 N–H and O–H groups in total. The molecule has 104 valence electrons. The standard InChI is InChI=1S/C16H18N2O2/c19-16(15-11-20-9-8-17-15)18-10-13-6-3-5-12-4-1-2-7-14(12)13/h1-7,15,17H,8-11H2,(H,18,19). The molecule has 0 saturated carbocycles. The highest BCUT2D eigenvalue weighted by Gasteiger charge is 2.20. The molecule has 0 bridgehead atoms. The molecule has 1 fully saturated rings. The number of morpholine rings is 1. The van der Waals surface area contributed by atoms with Crippen molar-refractivity contribution in [1.29, 1.82) is 0 Å². The minimum Gasteiger partial charge on any atom is -0.378 e. The van der Waals surface area contributed by atoms with Gasteiger partial charge < -0.3 is 15.4 Å². The third-order valence-electron chi connectivity index (χ3n) is 3.57. The van der Waals surface area contributed by atoms with E-state index in [4.69, 9.17) is 4.74 Å². The van der Waals surface area contributed by atoms with E-state index in [-0.39, 0.29) is 11.9 Å². The lowest BCUT2D eigenvalue weighted by Gasteiger charge is -2.23. The van der Waals surface area contributed by atoms with Crippen LogP contribution in [0.1, 0.15) is 5.56 Å². The van der Waals surface area contributed by atoms with Gasteiger partial charge in [0, 0.05) is 13.1 Å². The van der Waals surface area contributed by atoms with Crippen molar-refractivity contribution in [2.75, 3.05) is 19.8 Å². The molecule has 2 aromatic rings. The molecule has 1 atom stereocenters. The molecule has 4 heteroatoms. The molecule has 0 spiro atoms. The molecule has 1 heterocycles. The van der Waals surface area contributed by atoms with Crippen LogP contribution in [0.3, 0.4) is 0 Å². The Morgan fingerprint density at radius 2 is 2.10 bits per heavy atom. The quantitative estimate of drug-likeness (QED) is 0.887. The van der Waals surface area contributed by atoms with E-state index in [0.717, 1.165) is 12.1 Å². The average Bonchev–Trinajstić information content (AvgIpc) is 2.53. The average molecular weight is 270 g/mol. The summed E-state index contributed by atoms with van der Waals surface area (Å²) in [6.07, 6.45) is 0. The molecule has 1 amide bonds. The Morgan fingerprint density at radius 3 is 2.95 bits per heavy atom. The maximum atomic E-state index is 12.1. The Balaban J connectivity index is 1.69. The number of carbonyl (C=O) groups excluding carboxylic acids is 1. The van der Waals surface area contributed by atoms with Gasteiger partial charge in [-0.3, -0.25) is 4.79 Å². The van der Waals surface area contributed by atoms with Crippen LogP contribution in [0.15, 0.2) is 42.5 Å². The van der Waals surface area contributed by atoms with Gasteiger partial charge in [-0.15, -0.1) is 0 Å². The fourth-order valence-electron chi connectivity index (χ4n) is 2.49. The molecule has 1 saturated heterocycles. The van der Waals surface area contributed by atoms with Gasteiger partial charge in [0.25, 0.3) is 0 Å². The van der Waals surface area contributed by atoms with Gasteiger partial charge in [-0.05, 0) is 16.3 Å². The maximum absolute atomic E-state index is 12.1. The smallest absolute Gasteiger partial charge is 0.239 e. The first-order valence-corrected chi connectivity index (χ1v) is 6.90. The molecule has 1 aliphatic rings. The Hall–Kier alpha value is -1.91. The molecule has 4 nitrogen and oxygen atoms in total. The summed E-state index contributed by atoms with van der Waals surface area (Å²) < 4.78 is 5.30. The topological polar surface area (TPSA) is 50.4 Å². The van der Waals surface area contributed by atoms with Crippen molar-refractivity contribution in [1.82, 2.24) is 10.6 Å². The molecule has 1 aliphatic heterocycles. The highest BCUT2D eigenvalue weighted by atomic mass is 16.5. The first kappa shape index (κ1) is 13.1. The Bertz CT molecular complexity index is 601. The summed E-state index contributed by atoms with van der Waals surface area (Å²) in [5.74, 6) is -0.00219. The molecule has 0 aliphatic carbocycles. The minimum absolute atomic E-state index is 0.00219. The SMILES string of the molecule is O=C(NCc1cccc2ccccc12)C1COCCN1. The normalized spacial score (nSPS) is 18.9. The minimum atomic E-state index is -0.237. The van der Waals surface area contributed by atoms with Crippen LogP contribution in [0.2, 0.25) is 0 Å². The molecule has 0 aromatic heterocycles. The number of amides is 1. The molecule has 3 rings (SSSR count). The van der Waals surface area contributed by atoms with Crippen LogP contribution in [0.5, 0.6) is 0 Å². The van der Waals surface area contributed by atoms with Crippen molar-refractivity contribution in [2.45, 2.75) is 12.6 Å². The van der Waals surface area contributed by atoms with E-state index in [1.165, 1.54) is 10.8 Å². The van der Waals surface area contributed by atoms with E-state index in [0.29, 0.717) is 19.8 Å². The highest BCUT2D eigenvalue weighted by molar-refractivity contribution is 5.87. The summed E-state index contributed by atoms with van der Waals surface area (Å²) in [5.41, 5.74) is 1.13. The Morgan fingerprint density at radius 1 is 1.25 bits per heavy atom. The maximum Gasteiger partial charge on any atom is 0.239 e.